The standard InChI is InChI=1S/C19H24N4O2/c1-4-5-6-7-15-13-20-19-11-10-18(22-23(15)19)21-14-8-9-16(24-2)17(12-14)25-3/h8-13H,4-7H2,1-3H3,(H,21,22). The lowest BCUT2D eigenvalue weighted by Gasteiger charge is -2.11. The van der Waals surface area contributed by atoms with Crippen LogP contribution in [0.15, 0.2) is 36.5 Å². The molecule has 2 heterocycles. The van der Waals surface area contributed by atoms with Crippen LogP contribution in [0.25, 0.3) is 5.65 Å². The molecule has 0 bridgehead atoms. The van der Waals surface area contributed by atoms with Crippen molar-refractivity contribution in [3.8, 4) is 11.5 Å². The molecule has 0 fully saturated rings. The van der Waals surface area contributed by atoms with Crippen LogP contribution in [0.3, 0.4) is 0 Å². The van der Waals surface area contributed by atoms with Gasteiger partial charge in [0, 0.05) is 11.8 Å². The number of imidazole rings is 1. The Hall–Kier alpha value is -2.76. The maximum absolute atomic E-state index is 5.35. The Bertz CT molecular complexity index is 845. The fraction of sp³-hybridized carbons (Fsp3) is 0.368. The Balaban J connectivity index is 1.82. The average Bonchev–Trinajstić information content (AvgIpc) is 3.04. The molecule has 1 aromatic carbocycles. The fourth-order valence-corrected chi connectivity index (χ4v) is 2.78. The zero-order valence-electron chi connectivity index (χ0n) is 15.0. The molecule has 25 heavy (non-hydrogen) atoms. The molecule has 0 radical (unpaired) electrons. The number of anilines is 2. The van der Waals surface area contributed by atoms with E-state index in [1.807, 2.05) is 41.0 Å². The van der Waals surface area contributed by atoms with Crippen LogP contribution in [0.1, 0.15) is 31.9 Å². The Labute approximate surface area is 147 Å². The van der Waals surface area contributed by atoms with Crippen LogP contribution in [-0.2, 0) is 6.42 Å². The zero-order valence-corrected chi connectivity index (χ0v) is 15.0. The summed E-state index contributed by atoms with van der Waals surface area (Å²) in [7, 11) is 3.25. The number of unbranched alkanes of at least 4 members (excludes halogenated alkanes) is 2. The van der Waals surface area contributed by atoms with Gasteiger partial charge in [-0.15, -0.1) is 5.10 Å². The summed E-state index contributed by atoms with van der Waals surface area (Å²) in [6.07, 6.45) is 6.48. The minimum atomic E-state index is 0.677. The molecule has 6 nitrogen and oxygen atoms in total. The topological polar surface area (TPSA) is 60.7 Å². The number of rotatable bonds is 8. The molecule has 2 aromatic heterocycles. The molecule has 0 aliphatic carbocycles. The van der Waals surface area contributed by atoms with Crippen LogP contribution >= 0.6 is 0 Å². The summed E-state index contributed by atoms with van der Waals surface area (Å²) in [5, 5.41) is 7.99. The predicted molar refractivity (Wildman–Crippen MR) is 99.0 cm³/mol. The number of benzene rings is 1. The number of methoxy groups -OCH3 is 2. The third kappa shape index (κ3) is 3.84. The van der Waals surface area contributed by atoms with Gasteiger partial charge in [-0.1, -0.05) is 19.8 Å². The summed E-state index contributed by atoms with van der Waals surface area (Å²) in [5.41, 5.74) is 2.89. The molecular formula is C19H24N4O2. The van der Waals surface area contributed by atoms with Gasteiger partial charge in [0.15, 0.2) is 23.0 Å². The first-order valence-corrected chi connectivity index (χ1v) is 8.58. The maximum Gasteiger partial charge on any atom is 0.162 e. The molecule has 0 amide bonds. The highest BCUT2D eigenvalue weighted by molar-refractivity contribution is 5.62. The number of hydrogen-bond acceptors (Lipinski definition) is 5. The number of nitrogens with one attached hydrogen (secondary N) is 1. The Morgan fingerprint density at radius 1 is 1.04 bits per heavy atom. The van der Waals surface area contributed by atoms with Crippen LogP contribution in [0.2, 0.25) is 0 Å². The minimum Gasteiger partial charge on any atom is -0.493 e. The second-order valence-corrected chi connectivity index (χ2v) is 5.89. The first kappa shape index (κ1) is 17.1. The van der Waals surface area contributed by atoms with Crippen molar-refractivity contribution < 1.29 is 9.47 Å². The summed E-state index contributed by atoms with van der Waals surface area (Å²) in [5.74, 6) is 2.13. The van der Waals surface area contributed by atoms with Gasteiger partial charge in [0.2, 0.25) is 0 Å². The highest BCUT2D eigenvalue weighted by Crippen LogP contribution is 2.30. The van der Waals surface area contributed by atoms with Crippen molar-refractivity contribution in [2.45, 2.75) is 32.6 Å². The van der Waals surface area contributed by atoms with Crippen molar-refractivity contribution in [1.82, 2.24) is 14.6 Å². The predicted octanol–water partition coefficient (Wildman–Crippen LogP) is 4.22. The van der Waals surface area contributed by atoms with E-state index in [0.717, 1.165) is 35.7 Å². The summed E-state index contributed by atoms with van der Waals surface area (Å²) < 4.78 is 12.5. The normalized spacial score (nSPS) is 10.8. The smallest absolute Gasteiger partial charge is 0.162 e. The monoisotopic (exact) mass is 340 g/mol. The Kier molecular flexibility index (Phi) is 5.38. The summed E-state index contributed by atoms with van der Waals surface area (Å²) in [6.45, 7) is 2.21. The second kappa shape index (κ2) is 7.88. The quantitative estimate of drug-likeness (QED) is 0.622. The van der Waals surface area contributed by atoms with Gasteiger partial charge in [0.25, 0.3) is 0 Å². The van der Waals surface area contributed by atoms with Crippen molar-refractivity contribution >= 4 is 17.2 Å². The Morgan fingerprint density at radius 2 is 1.88 bits per heavy atom. The van der Waals surface area contributed by atoms with Gasteiger partial charge in [-0.05, 0) is 37.1 Å². The van der Waals surface area contributed by atoms with Crippen LogP contribution < -0.4 is 14.8 Å². The van der Waals surface area contributed by atoms with Gasteiger partial charge < -0.3 is 14.8 Å². The van der Waals surface area contributed by atoms with Crippen LogP contribution in [-0.4, -0.2) is 28.8 Å². The molecule has 0 unspecified atom stereocenters. The van der Waals surface area contributed by atoms with Crippen LogP contribution in [0, 0.1) is 0 Å². The van der Waals surface area contributed by atoms with E-state index >= 15 is 0 Å². The number of ether oxygens (including phenoxy) is 2. The Morgan fingerprint density at radius 3 is 2.64 bits per heavy atom. The molecule has 3 aromatic rings. The van der Waals surface area contributed by atoms with Crippen molar-refractivity contribution in [2.75, 3.05) is 19.5 Å². The van der Waals surface area contributed by atoms with Crippen molar-refractivity contribution in [3.05, 3.63) is 42.2 Å². The highest BCUT2D eigenvalue weighted by atomic mass is 16.5. The number of aryl methyl sites for hydroxylation is 1. The molecule has 0 aliphatic heterocycles. The maximum atomic E-state index is 5.35. The van der Waals surface area contributed by atoms with Crippen molar-refractivity contribution in [3.63, 3.8) is 0 Å². The minimum absolute atomic E-state index is 0.677. The molecule has 0 atom stereocenters. The SMILES string of the molecule is CCCCCc1cnc2ccc(Nc3ccc(OC)c(OC)c3)nn12. The zero-order chi connectivity index (χ0) is 17.6. The molecule has 0 saturated heterocycles. The van der Waals surface area contributed by atoms with E-state index in [-0.39, 0.29) is 0 Å². The van der Waals surface area contributed by atoms with Gasteiger partial charge in [0.05, 0.1) is 26.1 Å². The van der Waals surface area contributed by atoms with Crippen molar-refractivity contribution in [1.29, 1.82) is 0 Å². The highest BCUT2D eigenvalue weighted by Gasteiger charge is 2.08. The first-order valence-electron chi connectivity index (χ1n) is 8.58. The van der Waals surface area contributed by atoms with E-state index in [0.29, 0.717) is 11.5 Å². The summed E-state index contributed by atoms with van der Waals surface area (Å²) in [6, 6.07) is 9.59. The van der Waals surface area contributed by atoms with Gasteiger partial charge >= 0.3 is 0 Å². The van der Waals surface area contributed by atoms with Crippen LogP contribution in [0.4, 0.5) is 11.5 Å². The largest absolute Gasteiger partial charge is 0.493 e. The summed E-state index contributed by atoms with van der Waals surface area (Å²) in [4.78, 5) is 4.43. The average molecular weight is 340 g/mol. The van der Waals surface area contributed by atoms with Gasteiger partial charge in [-0.25, -0.2) is 9.50 Å². The number of hydrogen-bond donors (Lipinski definition) is 1. The van der Waals surface area contributed by atoms with Gasteiger partial charge in [-0.3, -0.25) is 0 Å². The van der Waals surface area contributed by atoms with E-state index in [2.05, 4.69) is 22.3 Å². The number of nitrogens with zero attached hydrogens (tertiary/aromatic N) is 3. The van der Waals surface area contributed by atoms with E-state index in [1.54, 1.807) is 14.2 Å². The third-order valence-corrected chi connectivity index (χ3v) is 4.13. The molecule has 0 spiro atoms. The lowest BCUT2D eigenvalue weighted by molar-refractivity contribution is 0.355. The number of fused-ring (bicyclic) bond motifs is 1. The number of aromatic nitrogens is 3. The van der Waals surface area contributed by atoms with E-state index in [1.165, 1.54) is 12.8 Å². The lowest BCUT2D eigenvalue weighted by Crippen LogP contribution is -2.02. The molecule has 0 aliphatic rings. The molecule has 6 heteroatoms. The van der Waals surface area contributed by atoms with E-state index in [9.17, 15) is 0 Å². The summed E-state index contributed by atoms with van der Waals surface area (Å²) >= 11 is 0. The molecule has 132 valence electrons. The van der Waals surface area contributed by atoms with Crippen LogP contribution in [0.5, 0.6) is 11.5 Å². The van der Waals surface area contributed by atoms with E-state index in [4.69, 9.17) is 9.47 Å². The first-order chi connectivity index (χ1) is 12.2. The van der Waals surface area contributed by atoms with Gasteiger partial charge in [0.1, 0.15) is 0 Å². The third-order valence-electron chi connectivity index (χ3n) is 4.13. The fourth-order valence-electron chi connectivity index (χ4n) is 2.78. The van der Waals surface area contributed by atoms with E-state index < -0.39 is 0 Å². The molecular weight excluding hydrogens is 316 g/mol. The van der Waals surface area contributed by atoms with Crippen molar-refractivity contribution in [2.24, 2.45) is 0 Å². The molecule has 0 saturated carbocycles. The lowest BCUT2D eigenvalue weighted by atomic mass is 10.2. The molecule has 1 N–H and O–H groups in total. The second-order valence-electron chi connectivity index (χ2n) is 5.89. The molecule has 3 rings (SSSR count). The van der Waals surface area contributed by atoms with Gasteiger partial charge in [-0.2, -0.15) is 0 Å².